The molecule has 18 heavy (non-hydrogen) atoms. The summed E-state index contributed by atoms with van der Waals surface area (Å²) >= 11 is 1.72. The number of hydrogen-bond acceptors (Lipinski definition) is 4. The third-order valence-electron chi connectivity index (χ3n) is 2.76. The number of thiazole rings is 1. The van der Waals surface area contributed by atoms with E-state index in [4.69, 9.17) is 5.26 Å². The van der Waals surface area contributed by atoms with E-state index in [0.29, 0.717) is 5.56 Å². The molecule has 0 saturated carbocycles. The van der Waals surface area contributed by atoms with E-state index in [1.807, 2.05) is 38.2 Å². The maximum atomic E-state index is 8.81. The zero-order chi connectivity index (χ0) is 13.0. The summed E-state index contributed by atoms with van der Waals surface area (Å²) in [5.41, 5.74) is 3.10. The maximum Gasteiger partial charge on any atom is 0.0991 e. The van der Waals surface area contributed by atoms with Crippen molar-refractivity contribution in [1.82, 2.24) is 10.3 Å². The van der Waals surface area contributed by atoms with Crippen LogP contribution in [0.15, 0.2) is 24.4 Å². The number of hydrogen-bond donors (Lipinski definition) is 1. The highest BCUT2D eigenvalue weighted by Crippen LogP contribution is 2.13. The molecule has 1 aromatic heterocycles. The molecule has 1 aromatic carbocycles. The monoisotopic (exact) mass is 257 g/mol. The van der Waals surface area contributed by atoms with Gasteiger partial charge in [0.15, 0.2) is 0 Å². The second-order valence-electron chi connectivity index (χ2n) is 4.20. The van der Waals surface area contributed by atoms with Gasteiger partial charge in [0.25, 0.3) is 0 Å². The van der Waals surface area contributed by atoms with Crippen molar-refractivity contribution < 1.29 is 0 Å². The second-order valence-corrected chi connectivity index (χ2v) is 5.52. The number of nitriles is 1. The molecule has 2 aromatic rings. The SMILES string of the molecule is Cc1ncc(CNCc2ccc(C#N)cc2C)s1. The van der Waals surface area contributed by atoms with Crippen LogP contribution in [0.5, 0.6) is 0 Å². The Bertz CT molecular complexity index is 581. The third-order valence-corrected chi connectivity index (χ3v) is 3.67. The van der Waals surface area contributed by atoms with Gasteiger partial charge in [0.05, 0.1) is 16.6 Å². The van der Waals surface area contributed by atoms with Gasteiger partial charge >= 0.3 is 0 Å². The molecule has 3 nitrogen and oxygen atoms in total. The quantitative estimate of drug-likeness (QED) is 0.916. The molecule has 0 unspecified atom stereocenters. The molecule has 4 heteroatoms. The zero-order valence-electron chi connectivity index (χ0n) is 10.5. The minimum Gasteiger partial charge on any atom is -0.308 e. The predicted molar refractivity (Wildman–Crippen MR) is 73.3 cm³/mol. The molecule has 1 heterocycles. The first-order valence-corrected chi connectivity index (χ1v) is 6.62. The van der Waals surface area contributed by atoms with Crippen molar-refractivity contribution in [3.05, 3.63) is 51.0 Å². The summed E-state index contributed by atoms with van der Waals surface area (Å²) in [5.74, 6) is 0. The lowest BCUT2D eigenvalue weighted by Gasteiger charge is -2.07. The number of aromatic nitrogens is 1. The Morgan fingerprint density at radius 3 is 2.78 bits per heavy atom. The summed E-state index contributed by atoms with van der Waals surface area (Å²) in [6.07, 6.45) is 1.92. The van der Waals surface area contributed by atoms with Gasteiger partial charge in [-0.3, -0.25) is 0 Å². The van der Waals surface area contributed by atoms with Gasteiger partial charge in [-0.15, -0.1) is 11.3 Å². The predicted octanol–water partition coefficient (Wildman–Crippen LogP) is 2.92. The average Bonchev–Trinajstić information content (AvgIpc) is 2.77. The largest absolute Gasteiger partial charge is 0.308 e. The molecule has 0 bridgehead atoms. The molecule has 2 rings (SSSR count). The number of benzene rings is 1. The maximum absolute atomic E-state index is 8.81. The van der Waals surface area contributed by atoms with Crippen molar-refractivity contribution in [1.29, 1.82) is 5.26 Å². The topological polar surface area (TPSA) is 48.7 Å². The van der Waals surface area contributed by atoms with Gasteiger partial charge in [-0.1, -0.05) is 6.07 Å². The Kier molecular flexibility index (Phi) is 4.08. The van der Waals surface area contributed by atoms with Crippen LogP contribution < -0.4 is 5.32 Å². The lowest BCUT2D eigenvalue weighted by atomic mass is 10.1. The lowest BCUT2D eigenvalue weighted by Crippen LogP contribution is -2.12. The first kappa shape index (κ1) is 12.7. The molecule has 0 fully saturated rings. The summed E-state index contributed by atoms with van der Waals surface area (Å²) in [7, 11) is 0. The van der Waals surface area contributed by atoms with Crippen molar-refractivity contribution in [3.8, 4) is 6.07 Å². The van der Waals surface area contributed by atoms with E-state index in [2.05, 4.69) is 16.4 Å². The fraction of sp³-hybridized carbons (Fsp3) is 0.286. The smallest absolute Gasteiger partial charge is 0.0991 e. The van der Waals surface area contributed by atoms with Crippen molar-refractivity contribution in [2.24, 2.45) is 0 Å². The number of nitrogens with one attached hydrogen (secondary N) is 1. The van der Waals surface area contributed by atoms with Crippen LogP contribution in [0, 0.1) is 25.2 Å². The number of rotatable bonds is 4. The Balaban J connectivity index is 1.92. The summed E-state index contributed by atoms with van der Waals surface area (Å²) in [5, 5.41) is 13.3. The normalized spacial score (nSPS) is 10.3. The van der Waals surface area contributed by atoms with Crippen molar-refractivity contribution >= 4 is 11.3 Å². The van der Waals surface area contributed by atoms with Crippen LogP contribution in [0.3, 0.4) is 0 Å². The molecular formula is C14H15N3S. The Hall–Kier alpha value is -1.70. The fourth-order valence-corrected chi connectivity index (χ4v) is 2.54. The highest BCUT2D eigenvalue weighted by molar-refractivity contribution is 7.11. The molecule has 0 aliphatic carbocycles. The molecular weight excluding hydrogens is 242 g/mol. The molecule has 0 spiro atoms. The van der Waals surface area contributed by atoms with E-state index >= 15 is 0 Å². The third kappa shape index (κ3) is 3.16. The molecule has 0 atom stereocenters. The fourth-order valence-electron chi connectivity index (χ4n) is 1.77. The minimum atomic E-state index is 0.717. The highest BCUT2D eigenvalue weighted by atomic mass is 32.1. The minimum absolute atomic E-state index is 0.717. The lowest BCUT2D eigenvalue weighted by molar-refractivity contribution is 0.697. The zero-order valence-corrected chi connectivity index (χ0v) is 11.3. The van der Waals surface area contributed by atoms with Crippen LogP contribution in [0.25, 0.3) is 0 Å². The van der Waals surface area contributed by atoms with Crippen molar-refractivity contribution in [2.75, 3.05) is 0 Å². The van der Waals surface area contributed by atoms with E-state index in [-0.39, 0.29) is 0 Å². The van der Waals surface area contributed by atoms with Crippen LogP contribution >= 0.6 is 11.3 Å². The van der Waals surface area contributed by atoms with Crippen molar-refractivity contribution in [2.45, 2.75) is 26.9 Å². The summed E-state index contributed by atoms with van der Waals surface area (Å²) in [6, 6.07) is 7.95. The molecule has 0 saturated heterocycles. The molecule has 0 radical (unpaired) electrons. The van der Waals surface area contributed by atoms with Gasteiger partial charge in [-0.05, 0) is 37.1 Å². The first-order chi connectivity index (χ1) is 8.69. The first-order valence-electron chi connectivity index (χ1n) is 5.80. The molecule has 92 valence electrons. The van der Waals surface area contributed by atoms with Crippen LogP contribution in [-0.2, 0) is 13.1 Å². The number of nitrogens with zero attached hydrogens (tertiary/aromatic N) is 2. The molecule has 1 N–H and O–H groups in total. The van der Waals surface area contributed by atoms with Gasteiger partial charge in [-0.25, -0.2) is 4.98 Å². The van der Waals surface area contributed by atoms with Crippen LogP contribution in [-0.4, -0.2) is 4.98 Å². The Labute approximate surface area is 111 Å². The van der Waals surface area contributed by atoms with Crippen molar-refractivity contribution in [3.63, 3.8) is 0 Å². The summed E-state index contributed by atoms with van der Waals surface area (Å²) < 4.78 is 0. The second kappa shape index (κ2) is 5.76. The Morgan fingerprint density at radius 1 is 1.33 bits per heavy atom. The highest BCUT2D eigenvalue weighted by Gasteiger charge is 2.01. The van der Waals surface area contributed by atoms with Crippen LogP contribution in [0.2, 0.25) is 0 Å². The van der Waals surface area contributed by atoms with Gasteiger partial charge in [0.2, 0.25) is 0 Å². The van der Waals surface area contributed by atoms with Gasteiger partial charge in [0.1, 0.15) is 0 Å². The number of aryl methyl sites for hydroxylation is 2. The van der Waals surface area contributed by atoms with E-state index in [1.54, 1.807) is 11.3 Å². The van der Waals surface area contributed by atoms with E-state index < -0.39 is 0 Å². The molecule has 0 aliphatic rings. The van der Waals surface area contributed by atoms with Gasteiger partial charge in [-0.2, -0.15) is 5.26 Å². The van der Waals surface area contributed by atoms with Gasteiger partial charge < -0.3 is 5.32 Å². The Morgan fingerprint density at radius 2 is 2.17 bits per heavy atom. The van der Waals surface area contributed by atoms with E-state index in [1.165, 1.54) is 10.4 Å². The summed E-state index contributed by atoms with van der Waals surface area (Å²) in [6.45, 7) is 5.70. The average molecular weight is 257 g/mol. The van der Waals surface area contributed by atoms with Crippen LogP contribution in [0.1, 0.15) is 26.6 Å². The van der Waals surface area contributed by atoms with E-state index in [0.717, 1.165) is 23.7 Å². The van der Waals surface area contributed by atoms with E-state index in [9.17, 15) is 0 Å². The summed E-state index contributed by atoms with van der Waals surface area (Å²) in [4.78, 5) is 5.47. The standard InChI is InChI=1S/C14H15N3S/c1-10-5-12(6-15)3-4-13(10)7-16-8-14-9-17-11(2)18-14/h3-5,9,16H,7-8H2,1-2H3. The molecule has 0 amide bonds. The van der Waals surface area contributed by atoms with Gasteiger partial charge in [0, 0.05) is 24.2 Å². The van der Waals surface area contributed by atoms with Crippen LogP contribution in [0.4, 0.5) is 0 Å². The molecule has 0 aliphatic heterocycles.